The van der Waals surface area contributed by atoms with Gasteiger partial charge in [-0.25, -0.2) is 0 Å². The predicted octanol–water partition coefficient (Wildman–Crippen LogP) is 2.83. The lowest BCUT2D eigenvalue weighted by atomic mass is 10.1. The minimum atomic E-state index is -0.679. The van der Waals surface area contributed by atoms with Crippen molar-refractivity contribution in [3.05, 3.63) is 60.2 Å². The fourth-order valence-corrected chi connectivity index (χ4v) is 1.84. The first-order valence-electron chi connectivity index (χ1n) is 6.46. The van der Waals surface area contributed by atoms with Crippen LogP contribution in [-0.4, -0.2) is 11.8 Å². The molecule has 0 saturated carbocycles. The lowest BCUT2D eigenvalue weighted by Gasteiger charge is -2.09. The summed E-state index contributed by atoms with van der Waals surface area (Å²) < 4.78 is 0. The zero-order chi connectivity index (χ0) is 14.4. The van der Waals surface area contributed by atoms with Crippen molar-refractivity contribution in [2.75, 3.05) is 10.6 Å². The summed E-state index contributed by atoms with van der Waals surface area (Å²) in [5, 5.41) is 5.18. The molecule has 0 aliphatic heterocycles. The Morgan fingerprint density at radius 2 is 1.45 bits per heavy atom. The van der Waals surface area contributed by atoms with Crippen LogP contribution in [-0.2, 0) is 16.0 Å². The standard InChI is InChI=1S/C16H16N2O2/c1-2-12-8-6-7-11-14(12)18-16(20)15(19)17-13-9-4-3-5-10-13/h3-11H,2H2,1H3,(H,17,19)(H,18,20). The number of carbonyl (C=O) groups is 2. The average Bonchev–Trinajstić information content (AvgIpc) is 2.48. The van der Waals surface area contributed by atoms with Crippen molar-refractivity contribution >= 4 is 23.2 Å². The van der Waals surface area contributed by atoms with E-state index in [1.807, 2.05) is 31.2 Å². The maximum atomic E-state index is 11.9. The lowest BCUT2D eigenvalue weighted by molar-refractivity contribution is -0.133. The summed E-state index contributed by atoms with van der Waals surface area (Å²) in [4.78, 5) is 23.7. The van der Waals surface area contributed by atoms with Gasteiger partial charge in [-0.3, -0.25) is 9.59 Å². The molecule has 0 atom stereocenters. The number of hydrogen-bond donors (Lipinski definition) is 2. The van der Waals surface area contributed by atoms with Gasteiger partial charge in [-0.2, -0.15) is 0 Å². The number of carbonyl (C=O) groups excluding carboxylic acids is 2. The highest BCUT2D eigenvalue weighted by Gasteiger charge is 2.14. The number of hydrogen-bond acceptors (Lipinski definition) is 2. The molecule has 0 radical (unpaired) electrons. The van der Waals surface area contributed by atoms with Crippen LogP contribution in [0.1, 0.15) is 12.5 Å². The molecule has 2 rings (SSSR count). The first-order valence-corrected chi connectivity index (χ1v) is 6.46. The van der Waals surface area contributed by atoms with Gasteiger partial charge < -0.3 is 10.6 Å². The van der Waals surface area contributed by atoms with Crippen molar-refractivity contribution in [3.8, 4) is 0 Å². The van der Waals surface area contributed by atoms with Crippen LogP contribution in [0.5, 0.6) is 0 Å². The zero-order valence-electron chi connectivity index (χ0n) is 11.2. The van der Waals surface area contributed by atoms with Gasteiger partial charge >= 0.3 is 11.8 Å². The minimum Gasteiger partial charge on any atom is -0.318 e. The van der Waals surface area contributed by atoms with Gasteiger partial charge in [0.2, 0.25) is 0 Å². The molecule has 20 heavy (non-hydrogen) atoms. The third-order valence-corrected chi connectivity index (χ3v) is 2.88. The highest BCUT2D eigenvalue weighted by Crippen LogP contribution is 2.15. The molecular formula is C16H16N2O2. The summed E-state index contributed by atoms with van der Waals surface area (Å²) in [6.07, 6.45) is 0.788. The molecule has 4 nitrogen and oxygen atoms in total. The van der Waals surface area contributed by atoms with Crippen molar-refractivity contribution < 1.29 is 9.59 Å². The Kier molecular flexibility index (Phi) is 4.50. The molecule has 2 N–H and O–H groups in total. The summed E-state index contributed by atoms with van der Waals surface area (Å²) >= 11 is 0. The highest BCUT2D eigenvalue weighted by molar-refractivity contribution is 6.43. The van der Waals surface area contributed by atoms with Crippen LogP contribution in [0.4, 0.5) is 11.4 Å². The third kappa shape index (κ3) is 3.45. The van der Waals surface area contributed by atoms with Gasteiger partial charge in [-0.1, -0.05) is 43.3 Å². The van der Waals surface area contributed by atoms with Crippen molar-refractivity contribution in [2.24, 2.45) is 0 Å². The number of amides is 2. The molecule has 2 aromatic carbocycles. The van der Waals surface area contributed by atoms with Crippen molar-refractivity contribution in [2.45, 2.75) is 13.3 Å². The van der Waals surface area contributed by atoms with Crippen molar-refractivity contribution in [3.63, 3.8) is 0 Å². The second-order valence-corrected chi connectivity index (χ2v) is 4.28. The van der Waals surface area contributed by atoms with Gasteiger partial charge in [-0.05, 0) is 30.2 Å². The molecule has 0 heterocycles. The predicted molar refractivity (Wildman–Crippen MR) is 79.5 cm³/mol. The van der Waals surface area contributed by atoms with Gasteiger partial charge in [0, 0.05) is 11.4 Å². The van der Waals surface area contributed by atoms with Gasteiger partial charge in [0.25, 0.3) is 0 Å². The Balaban J connectivity index is 2.03. The molecule has 102 valence electrons. The van der Waals surface area contributed by atoms with Crippen LogP contribution in [0.3, 0.4) is 0 Å². The van der Waals surface area contributed by atoms with Crippen LogP contribution < -0.4 is 10.6 Å². The quantitative estimate of drug-likeness (QED) is 0.841. The average molecular weight is 268 g/mol. The van der Waals surface area contributed by atoms with Crippen LogP contribution in [0, 0.1) is 0 Å². The number of nitrogens with one attached hydrogen (secondary N) is 2. The van der Waals surface area contributed by atoms with Gasteiger partial charge in [-0.15, -0.1) is 0 Å². The van der Waals surface area contributed by atoms with E-state index in [-0.39, 0.29) is 0 Å². The van der Waals surface area contributed by atoms with E-state index < -0.39 is 11.8 Å². The summed E-state index contributed by atoms with van der Waals surface area (Å²) in [5.74, 6) is -1.35. The summed E-state index contributed by atoms with van der Waals surface area (Å²) in [7, 11) is 0. The SMILES string of the molecule is CCc1ccccc1NC(=O)C(=O)Nc1ccccc1. The van der Waals surface area contributed by atoms with Gasteiger partial charge in [0.1, 0.15) is 0 Å². The lowest BCUT2D eigenvalue weighted by Crippen LogP contribution is -2.29. The van der Waals surface area contributed by atoms with Crippen LogP contribution in [0.25, 0.3) is 0 Å². The molecule has 0 aromatic heterocycles. The Morgan fingerprint density at radius 1 is 0.850 bits per heavy atom. The van der Waals surface area contributed by atoms with Crippen molar-refractivity contribution in [1.29, 1.82) is 0 Å². The molecule has 0 aliphatic rings. The maximum absolute atomic E-state index is 11.9. The highest BCUT2D eigenvalue weighted by atomic mass is 16.2. The van der Waals surface area contributed by atoms with Crippen LogP contribution in [0.2, 0.25) is 0 Å². The number of benzene rings is 2. The Hall–Kier alpha value is -2.62. The van der Waals surface area contributed by atoms with E-state index in [2.05, 4.69) is 10.6 Å². The van der Waals surface area contributed by atoms with E-state index in [4.69, 9.17) is 0 Å². The molecule has 0 fully saturated rings. The van der Waals surface area contributed by atoms with E-state index in [0.717, 1.165) is 12.0 Å². The number of para-hydroxylation sites is 2. The topological polar surface area (TPSA) is 58.2 Å². The molecule has 0 bridgehead atoms. The van der Waals surface area contributed by atoms with E-state index in [1.54, 1.807) is 30.3 Å². The summed E-state index contributed by atoms with van der Waals surface area (Å²) in [5.41, 5.74) is 2.26. The van der Waals surface area contributed by atoms with Crippen LogP contribution in [0.15, 0.2) is 54.6 Å². The Morgan fingerprint density at radius 3 is 2.15 bits per heavy atom. The zero-order valence-corrected chi connectivity index (χ0v) is 11.2. The first-order chi connectivity index (χ1) is 9.70. The second kappa shape index (κ2) is 6.52. The maximum Gasteiger partial charge on any atom is 0.314 e. The normalized spacial score (nSPS) is 9.85. The number of aryl methyl sites for hydroxylation is 1. The summed E-state index contributed by atoms with van der Waals surface area (Å²) in [6, 6.07) is 16.3. The van der Waals surface area contributed by atoms with Crippen molar-refractivity contribution in [1.82, 2.24) is 0 Å². The third-order valence-electron chi connectivity index (χ3n) is 2.88. The molecule has 0 aliphatic carbocycles. The summed E-state index contributed by atoms with van der Waals surface area (Å²) in [6.45, 7) is 2.00. The smallest absolute Gasteiger partial charge is 0.314 e. The largest absolute Gasteiger partial charge is 0.318 e. The molecule has 0 spiro atoms. The first kappa shape index (κ1) is 13.8. The van der Waals surface area contributed by atoms with E-state index in [1.165, 1.54) is 0 Å². The monoisotopic (exact) mass is 268 g/mol. The molecule has 2 amide bonds. The fourth-order valence-electron chi connectivity index (χ4n) is 1.84. The van der Waals surface area contributed by atoms with Crippen LogP contribution >= 0.6 is 0 Å². The Bertz CT molecular complexity index is 609. The fraction of sp³-hybridized carbons (Fsp3) is 0.125. The molecule has 0 unspecified atom stereocenters. The van der Waals surface area contributed by atoms with E-state index in [9.17, 15) is 9.59 Å². The minimum absolute atomic E-state index is 0.594. The number of rotatable bonds is 3. The molecule has 4 heteroatoms. The molecule has 0 saturated heterocycles. The number of anilines is 2. The second-order valence-electron chi connectivity index (χ2n) is 4.28. The van der Waals surface area contributed by atoms with E-state index >= 15 is 0 Å². The van der Waals surface area contributed by atoms with Gasteiger partial charge in [0.05, 0.1) is 0 Å². The van der Waals surface area contributed by atoms with E-state index in [0.29, 0.717) is 11.4 Å². The molecule has 2 aromatic rings. The molecular weight excluding hydrogens is 252 g/mol. The van der Waals surface area contributed by atoms with Gasteiger partial charge in [0.15, 0.2) is 0 Å². The Labute approximate surface area is 117 Å².